The number of piperidine rings is 1. The van der Waals surface area contributed by atoms with Gasteiger partial charge in [-0.05, 0) is 56.5 Å². The summed E-state index contributed by atoms with van der Waals surface area (Å²) >= 11 is 0. The number of hydrogen-bond donors (Lipinski definition) is 3. The Morgan fingerprint density at radius 3 is 2.77 bits per heavy atom. The van der Waals surface area contributed by atoms with Crippen LogP contribution in [0.15, 0.2) is 36.5 Å². The number of nitrogens with zero attached hydrogens (tertiary/aromatic N) is 2. The molecule has 1 atom stereocenters. The van der Waals surface area contributed by atoms with Gasteiger partial charge < -0.3 is 16.0 Å². The molecule has 0 radical (unpaired) electrons. The van der Waals surface area contributed by atoms with Crippen LogP contribution in [0.2, 0.25) is 0 Å². The van der Waals surface area contributed by atoms with E-state index in [0.29, 0.717) is 17.8 Å². The van der Waals surface area contributed by atoms with Crippen molar-refractivity contribution in [2.75, 3.05) is 23.7 Å². The predicted molar refractivity (Wildman–Crippen MR) is 104 cm³/mol. The summed E-state index contributed by atoms with van der Waals surface area (Å²) in [6, 6.07) is 10.6. The molecule has 1 amide bonds. The first-order valence-electron chi connectivity index (χ1n) is 9.72. The van der Waals surface area contributed by atoms with E-state index in [1.807, 2.05) is 29.1 Å². The Morgan fingerprint density at radius 2 is 1.96 bits per heavy atom. The van der Waals surface area contributed by atoms with Crippen molar-refractivity contribution in [2.24, 2.45) is 0 Å². The van der Waals surface area contributed by atoms with Crippen LogP contribution in [0.4, 0.5) is 11.4 Å². The van der Waals surface area contributed by atoms with Gasteiger partial charge in [0.1, 0.15) is 0 Å². The van der Waals surface area contributed by atoms with Gasteiger partial charge in [-0.3, -0.25) is 9.48 Å². The first-order chi connectivity index (χ1) is 12.8. The van der Waals surface area contributed by atoms with E-state index < -0.39 is 0 Å². The van der Waals surface area contributed by atoms with Gasteiger partial charge in [0.2, 0.25) is 0 Å². The molecule has 0 spiro atoms. The number of hydrogen-bond acceptors (Lipinski definition) is 4. The highest BCUT2D eigenvalue weighted by Gasteiger charge is 2.18. The number of carbonyl (C=O) groups excluding carboxylic acids is 1. The average Bonchev–Trinajstić information content (AvgIpc) is 3.35. The highest BCUT2D eigenvalue weighted by Crippen LogP contribution is 2.24. The number of anilines is 2. The molecular weight excluding hydrogens is 326 g/mol. The lowest BCUT2D eigenvalue weighted by Crippen LogP contribution is -2.32. The Labute approximate surface area is 154 Å². The van der Waals surface area contributed by atoms with Crippen LogP contribution in [0, 0.1) is 0 Å². The third-order valence-corrected chi connectivity index (χ3v) is 5.33. The van der Waals surface area contributed by atoms with Crippen molar-refractivity contribution in [2.45, 2.75) is 50.6 Å². The van der Waals surface area contributed by atoms with Gasteiger partial charge in [-0.2, -0.15) is 5.10 Å². The van der Waals surface area contributed by atoms with E-state index in [-0.39, 0.29) is 5.91 Å². The Balaban J connectivity index is 1.39. The quantitative estimate of drug-likeness (QED) is 0.770. The number of benzene rings is 1. The molecule has 1 saturated carbocycles. The van der Waals surface area contributed by atoms with Crippen molar-refractivity contribution in [1.82, 2.24) is 15.1 Å². The zero-order chi connectivity index (χ0) is 17.8. The molecule has 2 aromatic rings. The molecule has 1 saturated heterocycles. The molecule has 1 unspecified atom stereocenters. The minimum atomic E-state index is -0.162. The lowest BCUT2D eigenvalue weighted by molar-refractivity contribution is 0.102. The van der Waals surface area contributed by atoms with Crippen molar-refractivity contribution >= 4 is 17.3 Å². The van der Waals surface area contributed by atoms with Crippen LogP contribution in [-0.4, -0.2) is 34.8 Å². The lowest BCUT2D eigenvalue weighted by Gasteiger charge is -2.22. The number of amides is 1. The number of carbonyl (C=O) groups is 1. The summed E-state index contributed by atoms with van der Waals surface area (Å²) in [5, 5.41) is 14.4. The molecule has 1 aliphatic heterocycles. The van der Waals surface area contributed by atoms with E-state index in [4.69, 9.17) is 0 Å². The predicted octanol–water partition coefficient (Wildman–Crippen LogP) is 3.41. The summed E-state index contributed by atoms with van der Waals surface area (Å²) in [7, 11) is 0. The second-order valence-electron chi connectivity index (χ2n) is 7.34. The molecule has 2 fully saturated rings. The third kappa shape index (κ3) is 4.07. The van der Waals surface area contributed by atoms with Crippen LogP contribution >= 0.6 is 0 Å². The van der Waals surface area contributed by atoms with Crippen LogP contribution in [0.1, 0.15) is 55.1 Å². The zero-order valence-electron chi connectivity index (χ0n) is 15.1. The molecular formula is C20H27N5O. The summed E-state index contributed by atoms with van der Waals surface area (Å²) in [5.41, 5.74) is 2.32. The van der Waals surface area contributed by atoms with Gasteiger partial charge in [-0.1, -0.05) is 18.9 Å². The fourth-order valence-electron chi connectivity index (χ4n) is 3.91. The molecule has 3 N–H and O–H groups in total. The second-order valence-corrected chi connectivity index (χ2v) is 7.34. The molecule has 4 rings (SSSR count). The molecule has 1 aromatic heterocycles. The summed E-state index contributed by atoms with van der Waals surface area (Å²) in [6.45, 7) is 1.98. The molecule has 26 heavy (non-hydrogen) atoms. The summed E-state index contributed by atoms with van der Waals surface area (Å²) in [4.78, 5) is 12.5. The minimum Gasteiger partial charge on any atom is -0.382 e. The van der Waals surface area contributed by atoms with Crippen LogP contribution in [0.3, 0.4) is 0 Å². The van der Waals surface area contributed by atoms with E-state index in [1.54, 1.807) is 6.07 Å². The van der Waals surface area contributed by atoms with Crippen LogP contribution in [-0.2, 0) is 0 Å². The van der Waals surface area contributed by atoms with Gasteiger partial charge >= 0.3 is 0 Å². The molecule has 2 heterocycles. The maximum absolute atomic E-state index is 12.5. The van der Waals surface area contributed by atoms with Crippen molar-refractivity contribution in [1.29, 1.82) is 0 Å². The van der Waals surface area contributed by atoms with Gasteiger partial charge in [-0.15, -0.1) is 0 Å². The fraction of sp³-hybridized carbons (Fsp3) is 0.500. The molecule has 2 aliphatic rings. The van der Waals surface area contributed by atoms with E-state index in [2.05, 4.69) is 27.1 Å². The molecule has 1 aliphatic carbocycles. The van der Waals surface area contributed by atoms with Gasteiger partial charge in [0.05, 0.1) is 6.04 Å². The molecule has 6 heteroatoms. The molecule has 6 nitrogen and oxygen atoms in total. The molecule has 1 aromatic carbocycles. The highest BCUT2D eigenvalue weighted by atomic mass is 16.1. The van der Waals surface area contributed by atoms with Crippen LogP contribution in [0.5, 0.6) is 0 Å². The average molecular weight is 353 g/mol. The topological polar surface area (TPSA) is 71.0 Å². The molecule has 138 valence electrons. The zero-order valence-corrected chi connectivity index (χ0v) is 15.1. The Kier molecular flexibility index (Phi) is 5.20. The Morgan fingerprint density at radius 1 is 1.12 bits per heavy atom. The van der Waals surface area contributed by atoms with Gasteiger partial charge in [0.15, 0.2) is 5.69 Å². The van der Waals surface area contributed by atoms with Crippen molar-refractivity contribution in [3.05, 3.63) is 42.2 Å². The van der Waals surface area contributed by atoms with E-state index >= 15 is 0 Å². The third-order valence-electron chi connectivity index (χ3n) is 5.33. The minimum absolute atomic E-state index is 0.162. The first-order valence-corrected chi connectivity index (χ1v) is 9.72. The lowest BCUT2D eigenvalue weighted by atomic mass is 10.1. The fourth-order valence-corrected chi connectivity index (χ4v) is 3.91. The Bertz CT molecular complexity index is 744. The van der Waals surface area contributed by atoms with Gasteiger partial charge in [-0.25, -0.2) is 0 Å². The van der Waals surface area contributed by atoms with Gasteiger partial charge in [0.25, 0.3) is 5.91 Å². The first kappa shape index (κ1) is 17.1. The standard InChI is InChI=1S/C20H27N5O/c26-20(19-10-12-25(24-19)18-9-4-11-21-14-18)23-17-8-3-7-16(13-17)22-15-5-1-2-6-15/h3,7-8,10,12-13,15,18,21-22H,1-2,4-6,9,11,14H2,(H,23,26). The monoisotopic (exact) mass is 353 g/mol. The number of aromatic nitrogens is 2. The van der Waals surface area contributed by atoms with Gasteiger partial charge in [0, 0.05) is 30.2 Å². The maximum atomic E-state index is 12.5. The highest BCUT2D eigenvalue weighted by molar-refractivity contribution is 6.03. The van der Waals surface area contributed by atoms with E-state index in [0.717, 1.165) is 37.3 Å². The van der Waals surface area contributed by atoms with E-state index in [1.165, 1.54) is 25.7 Å². The molecule has 0 bridgehead atoms. The van der Waals surface area contributed by atoms with Crippen LogP contribution in [0.25, 0.3) is 0 Å². The smallest absolute Gasteiger partial charge is 0.276 e. The summed E-state index contributed by atoms with van der Waals surface area (Å²) in [6.07, 6.45) is 9.21. The largest absolute Gasteiger partial charge is 0.382 e. The van der Waals surface area contributed by atoms with Crippen molar-refractivity contribution in [3.63, 3.8) is 0 Å². The van der Waals surface area contributed by atoms with Crippen molar-refractivity contribution in [3.8, 4) is 0 Å². The second kappa shape index (κ2) is 7.91. The normalized spacial score (nSPS) is 20.8. The van der Waals surface area contributed by atoms with Crippen molar-refractivity contribution < 1.29 is 4.79 Å². The number of rotatable bonds is 5. The Hall–Kier alpha value is -2.34. The van der Waals surface area contributed by atoms with Crippen LogP contribution < -0.4 is 16.0 Å². The maximum Gasteiger partial charge on any atom is 0.276 e. The summed E-state index contributed by atoms with van der Waals surface area (Å²) < 4.78 is 1.92. The SMILES string of the molecule is O=C(Nc1cccc(NC2CCCC2)c1)c1ccn(C2CCCNC2)n1. The number of nitrogens with one attached hydrogen (secondary N) is 3. The van der Waals surface area contributed by atoms with E-state index in [9.17, 15) is 4.79 Å². The summed E-state index contributed by atoms with van der Waals surface area (Å²) in [5.74, 6) is -0.162.